The van der Waals surface area contributed by atoms with Crippen molar-refractivity contribution in [1.82, 2.24) is 14.5 Å². The normalized spacial score (nSPS) is 14.8. The van der Waals surface area contributed by atoms with E-state index in [0.717, 1.165) is 11.6 Å². The molecule has 190 valence electrons. The van der Waals surface area contributed by atoms with Gasteiger partial charge in [-0.3, -0.25) is 19.8 Å². The average Bonchev–Trinajstić information content (AvgIpc) is 2.84. The topological polar surface area (TPSA) is 116 Å². The van der Waals surface area contributed by atoms with Crippen LogP contribution in [0, 0.1) is 10.1 Å². The Bertz CT molecular complexity index is 1160. The fraction of sp³-hybridized carbons (Fsp3) is 0.435. The second-order valence-electron chi connectivity index (χ2n) is 8.13. The van der Waals surface area contributed by atoms with Gasteiger partial charge in [0.25, 0.3) is 5.69 Å². The first-order valence-corrected chi connectivity index (χ1v) is 13.2. The van der Waals surface area contributed by atoms with Crippen molar-refractivity contribution in [1.29, 1.82) is 0 Å². The van der Waals surface area contributed by atoms with Crippen molar-refractivity contribution in [3.05, 3.63) is 63.2 Å². The molecule has 2 aromatic carbocycles. The monoisotopic (exact) mass is 523 g/mol. The maximum atomic E-state index is 12.8. The SMILES string of the molecule is CCN(CC)S(=O)(=O)c1ccc(N2CCN(CC(=O)NCc3ccccc3Cl)CC2)c([N+](=O)[O-])c1. The van der Waals surface area contributed by atoms with Crippen LogP contribution >= 0.6 is 11.6 Å². The Morgan fingerprint density at radius 3 is 2.37 bits per heavy atom. The predicted molar refractivity (Wildman–Crippen MR) is 135 cm³/mol. The molecule has 10 nitrogen and oxygen atoms in total. The molecule has 1 aliphatic heterocycles. The Kier molecular flexibility index (Phi) is 9.06. The molecule has 1 N–H and O–H groups in total. The third kappa shape index (κ3) is 6.49. The van der Waals surface area contributed by atoms with Crippen LogP contribution in [-0.4, -0.2) is 74.3 Å². The van der Waals surface area contributed by atoms with Crippen LogP contribution in [0.4, 0.5) is 11.4 Å². The van der Waals surface area contributed by atoms with Crippen LogP contribution in [0.3, 0.4) is 0 Å². The molecule has 1 amide bonds. The number of rotatable bonds is 10. The molecule has 0 spiro atoms. The van der Waals surface area contributed by atoms with E-state index < -0.39 is 14.9 Å². The van der Waals surface area contributed by atoms with Gasteiger partial charge < -0.3 is 10.2 Å². The molecule has 1 saturated heterocycles. The number of sulfonamides is 1. The molecule has 1 fully saturated rings. The summed E-state index contributed by atoms with van der Waals surface area (Å²) in [6.07, 6.45) is 0. The van der Waals surface area contributed by atoms with E-state index in [4.69, 9.17) is 11.6 Å². The number of nitrogens with zero attached hydrogens (tertiary/aromatic N) is 4. The summed E-state index contributed by atoms with van der Waals surface area (Å²) in [6.45, 7) is 6.58. The molecule has 0 aliphatic carbocycles. The minimum atomic E-state index is -3.81. The number of carbonyl (C=O) groups excluding carboxylic acids is 1. The zero-order chi connectivity index (χ0) is 25.6. The summed E-state index contributed by atoms with van der Waals surface area (Å²) in [5.41, 5.74) is 0.964. The summed E-state index contributed by atoms with van der Waals surface area (Å²) < 4.78 is 26.9. The van der Waals surface area contributed by atoms with Crippen LogP contribution in [0.1, 0.15) is 19.4 Å². The molecule has 3 rings (SSSR count). The van der Waals surface area contributed by atoms with Gasteiger partial charge in [0.05, 0.1) is 16.4 Å². The number of amides is 1. The van der Waals surface area contributed by atoms with Crippen LogP contribution in [0.5, 0.6) is 0 Å². The first kappa shape index (κ1) is 26.9. The number of anilines is 1. The molecule has 35 heavy (non-hydrogen) atoms. The summed E-state index contributed by atoms with van der Waals surface area (Å²) >= 11 is 6.12. The quantitative estimate of drug-likeness (QED) is 0.376. The predicted octanol–water partition coefficient (Wildman–Crippen LogP) is 2.72. The second kappa shape index (κ2) is 11.8. The maximum absolute atomic E-state index is 12.8. The number of nitro groups is 1. The summed E-state index contributed by atoms with van der Waals surface area (Å²) in [4.78, 5) is 27.3. The van der Waals surface area contributed by atoms with Crippen LogP contribution in [0.2, 0.25) is 5.02 Å². The van der Waals surface area contributed by atoms with Gasteiger partial charge in [0.2, 0.25) is 15.9 Å². The van der Waals surface area contributed by atoms with Crippen LogP contribution in [0.15, 0.2) is 47.4 Å². The van der Waals surface area contributed by atoms with Crippen molar-refractivity contribution in [3.8, 4) is 0 Å². The minimum absolute atomic E-state index is 0.0922. The lowest BCUT2D eigenvalue weighted by atomic mass is 10.2. The number of piperazine rings is 1. The van der Waals surface area contributed by atoms with Crippen molar-refractivity contribution in [2.45, 2.75) is 25.3 Å². The van der Waals surface area contributed by atoms with E-state index in [9.17, 15) is 23.3 Å². The molecule has 0 atom stereocenters. The molecule has 0 unspecified atom stereocenters. The molecule has 0 aromatic heterocycles. The van der Waals surface area contributed by atoms with Crippen molar-refractivity contribution < 1.29 is 18.1 Å². The van der Waals surface area contributed by atoms with Crippen molar-refractivity contribution in [2.75, 3.05) is 50.7 Å². The Balaban J connectivity index is 1.63. The van der Waals surface area contributed by atoms with Gasteiger partial charge in [0.1, 0.15) is 5.69 Å². The highest BCUT2D eigenvalue weighted by Crippen LogP contribution is 2.32. The fourth-order valence-corrected chi connectivity index (χ4v) is 5.71. The Hall–Kier alpha value is -2.73. The summed E-state index contributed by atoms with van der Waals surface area (Å²) in [6, 6.07) is 11.4. The highest BCUT2D eigenvalue weighted by atomic mass is 35.5. The average molecular weight is 524 g/mol. The van der Waals surface area contributed by atoms with Crippen LogP contribution in [-0.2, 0) is 21.4 Å². The molecule has 0 saturated carbocycles. The van der Waals surface area contributed by atoms with E-state index in [1.165, 1.54) is 16.4 Å². The molecule has 2 aromatic rings. The molecular weight excluding hydrogens is 494 g/mol. The highest BCUT2D eigenvalue weighted by molar-refractivity contribution is 7.89. The lowest BCUT2D eigenvalue weighted by molar-refractivity contribution is -0.384. The first-order valence-electron chi connectivity index (χ1n) is 11.4. The third-order valence-electron chi connectivity index (χ3n) is 6.00. The molecule has 1 heterocycles. The lowest BCUT2D eigenvalue weighted by Crippen LogP contribution is -2.49. The third-order valence-corrected chi connectivity index (χ3v) is 8.42. The minimum Gasteiger partial charge on any atom is -0.363 e. The number of carbonyl (C=O) groups is 1. The van der Waals surface area contributed by atoms with Gasteiger partial charge in [0, 0.05) is 56.9 Å². The summed E-state index contributed by atoms with van der Waals surface area (Å²) in [5, 5.41) is 15.2. The van der Waals surface area contributed by atoms with Gasteiger partial charge in [0.15, 0.2) is 0 Å². The van der Waals surface area contributed by atoms with E-state index >= 15 is 0 Å². The van der Waals surface area contributed by atoms with E-state index in [1.807, 2.05) is 28.0 Å². The Morgan fingerprint density at radius 2 is 1.77 bits per heavy atom. The summed E-state index contributed by atoms with van der Waals surface area (Å²) in [7, 11) is -3.81. The van der Waals surface area contributed by atoms with E-state index in [2.05, 4.69) is 5.32 Å². The summed E-state index contributed by atoms with van der Waals surface area (Å²) in [5.74, 6) is -0.129. The number of halogens is 1. The lowest BCUT2D eigenvalue weighted by Gasteiger charge is -2.35. The fourth-order valence-electron chi connectivity index (χ4n) is 4.03. The molecule has 12 heteroatoms. The number of nitrogens with one attached hydrogen (secondary N) is 1. The maximum Gasteiger partial charge on any atom is 0.293 e. The van der Waals surface area contributed by atoms with Crippen LogP contribution < -0.4 is 10.2 Å². The van der Waals surface area contributed by atoms with E-state index in [0.29, 0.717) is 43.4 Å². The van der Waals surface area contributed by atoms with Crippen LogP contribution in [0.25, 0.3) is 0 Å². The van der Waals surface area contributed by atoms with Crippen molar-refractivity contribution in [3.63, 3.8) is 0 Å². The van der Waals surface area contributed by atoms with Gasteiger partial charge in [-0.25, -0.2) is 8.42 Å². The number of hydrogen-bond acceptors (Lipinski definition) is 7. The van der Waals surface area contributed by atoms with Gasteiger partial charge >= 0.3 is 0 Å². The van der Waals surface area contributed by atoms with Gasteiger partial charge in [-0.1, -0.05) is 43.6 Å². The van der Waals surface area contributed by atoms with Crippen molar-refractivity contribution >= 4 is 38.9 Å². The zero-order valence-corrected chi connectivity index (χ0v) is 21.4. The zero-order valence-electron chi connectivity index (χ0n) is 19.8. The number of nitro benzene ring substituents is 1. The first-order chi connectivity index (χ1) is 16.7. The molecule has 0 bridgehead atoms. The molecule has 1 aliphatic rings. The van der Waals surface area contributed by atoms with Gasteiger partial charge in [-0.15, -0.1) is 0 Å². The van der Waals surface area contributed by atoms with E-state index in [1.54, 1.807) is 19.9 Å². The largest absolute Gasteiger partial charge is 0.363 e. The number of benzene rings is 2. The number of hydrogen-bond donors (Lipinski definition) is 1. The standard InChI is InChI=1S/C23H30ClN5O5S/c1-3-28(4-2)35(33,34)19-9-10-21(22(15-19)29(31)32)27-13-11-26(12-14-27)17-23(30)25-16-18-7-5-6-8-20(18)24/h5-10,15H,3-4,11-14,16-17H2,1-2H3,(H,25,30). The van der Waals surface area contributed by atoms with Gasteiger partial charge in [-0.05, 0) is 23.8 Å². The highest BCUT2D eigenvalue weighted by Gasteiger charge is 2.29. The Labute approximate surface area is 210 Å². The second-order valence-corrected chi connectivity index (χ2v) is 10.5. The van der Waals surface area contributed by atoms with Gasteiger partial charge in [-0.2, -0.15) is 4.31 Å². The molecular formula is C23H30ClN5O5S. The van der Waals surface area contributed by atoms with Crippen molar-refractivity contribution in [2.24, 2.45) is 0 Å². The van der Waals surface area contributed by atoms with E-state index in [-0.39, 0.29) is 36.1 Å². The Morgan fingerprint density at radius 1 is 1.11 bits per heavy atom. The smallest absolute Gasteiger partial charge is 0.293 e. The molecule has 0 radical (unpaired) electrons.